The van der Waals surface area contributed by atoms with Gasteiger partial charge in [0.2, 0.25) is 11.9 Å². The van der Waals surface area contributed by atoms with Gasteiger partial charge in [-0.2, -0.15) is 0 Å². The van der Waals surface area contributed by atoms with Crippen molar-refractivity contribution in [3.8, 4) is 0 Å². The molecule has 0 unspecified atom stereocenters. The molecule has 7 nitrogen and oxygen atoms in total. The van der Waals surface area contributed by atoms with Crippen LogP contribution < -0.4 is 16.0 Å². The molecular formula is C21H21N5O2. The molecule has 0 saturated carbocycles. The molecule has 28 heavy (non-hydrogen) atoms. The Kier molecular flexibility index (Phi) is 5.64. The first kappa shape index (κ1) is 19.0. The Bertz CT molecular complexity index is 1020. The maximum atomic E-state index is 12.4. The van der Waals surface area contributed by atoms with E-state index >= 15 is 0 Å². The van der Waals surface area contributed by atoms with E-state index in [1.165, 1.54) is 19.3 Å². The van der Waals surface area contributed by atoms with E-state index in [0.29, 0.717) is 22.9 Å². The first-order chi connectivity index (χ1) is 13.4. The van der Waals surface area contributed by atoms with Crippen LogP contribution in [0.2, 0.25) is 0 Å². The zero-order valence-corrected chi connectivity index (χ0v) is 15.9. The summed E-state index contributed by atoms with van der Waals surface area (Å²) >= 11 is 0. The van der Waals surface area contributed by atoms with Crippen molar-refractivity contribution in [1.29, 1.82) is 0 Å². The van der Waals surface area contributed by atoms with Crippen LogP contribution in [-0.4, -0.2) is 21.8 Å². The van der Waals surface area contributed by atoms with Gasteiger partial charge in [-0.05, 0) is 49.2 Å². The van der Waals surface area contributed by atoms with Crippen LogP contribution in [0.15, 0.2) is 54.9 Å². The molecule has 0 spiro atoms. The predicted molar refractivity (Wildman–Crippen MR) is 110 cm³/mol. The molecule has 7 heteroatoms. The van der Waals surface area contributed by atoms with Crippen LogP contribution in [0.4, 0.5) is 23.0 Å². The first-order valence-corrected chi connectivity index (χ1v) is 8.76. The summed E-state index contributed by atoms with van der Waals surface area (Å²) in [5, 5.41) is 8.60. The highest BCUT2D eigenvalue weighted by molar-refractivity contribution is 6.04. The van der Waals surface area contributed by atoms with Gasteiger partial charge in [-0.15, -0.1) is 0 Å². The number of nitrogens with zero attached hydrogens (tertiary/aromatic N) is 2. The number of aromatic nitrogens is 2. The molecule has 0 aliphatic heterocycles. The predicted octanol–water partition coefficient (Wildman–Crippen LogP) is 4.05. The lowest BCUT2D eigenvalue weighted by Crippen LogP contribution is -2.13. The molecule has 3 aromatic rings. The third kappa shape index (κ3) is 4.91. The second-order valence-electron chi connectivity index (χ2n) is 6.45. The van der Waals surface area contributed by atoms with Gasteiger partial charge >= 0.3 is 0 Å². The van der Waals surface area contributed by atoms with Crippen LogP contribution in [-0.2, 0) is 4.79 Å². The molecule has 0 saturated heterocycles. The molecule has 1 aromatic heterocycles. The highest BCUT2D eigenvalue weighted by atomic mass is 16.2. The minimum absolute atomic E-state index is 0.177. The second-order valence-corrected chi connectivity index (χ2v) is 6.45. The Morgan fingerprint density at radius 1 is 0.893 bits per heavy atom. The Morgan fingerprint density at radius 2 is 1.57 bits per heavy atom. The van der Waals surface area contributed by atoms with Crippen LogP contribution in [0, 0.1) is 13.8 Å². The molecule has 1 heterocycles. The summed E-state index contributed by atoms with van der Waals surface area (Å²) in [5.41, 5.74) is 4.63. The van der Waals surface area contributed by atoms with Crippen molar-refractivity contribution in [2.45, 2.75) is 20.8 Å². The Balaban J connectivity index is 1.68. The smallest absolute Gasteiger partial charge is 0.258 e. The summed E-state index contributed by atoms with van der Waals surface area (Å²) in [6, 6.07) is 13.0. The fourth-order valence-electron chi connectivity index (χ4n) is 2.58. The van der Waals surface area contributed by atoms with Crippen molar-refractivity contribution >= 4 is 34.8 Å². The summed E-state index contributed by atoms with van der Waals surface area (Å²) < 4.78 is 0. The van der Waals surface area contributed by atoms with Crippen LogP contribution in [0.3, 0.4) is 0 Å². The van der Waals surface area contributed by atoms with Crippen molar-refractivity contribution in [3.63, 3.8) is 0 Å². The van der Waals surface area contributed by atoms with E-state index in [-0.39, 0.29) is 11.8 Å². The molecule has 3 rings (SSSR count). The highest BCUT2D eigenvalue weighted by Crippen LogP contribution is 2.20. The lowest BCUT2D eigenvalue weighted by molar-refractivity contribution is -0.114. The molecule has 0 aliphatic carbocycles. The molecule has 2 amide bonds. The maximum absolute atomic E-state index is 12.4. The number of hydrogen-bond donors (Lipinski definition) is 3. The van der Waals surface area contributed by atoms with E-state index < -0.39 is 0 Å². The average molecular weight is 375 g/mol. The van der Waals surface area contributed by atoms with E-state index in [9.17, 15) is 9.59 Å². The highest BCUT2D eigenvalue weighted by Gasteiger charge is 2.09. The standard InChI is InChI=1S/C21H21N5O2/c1-13-7-8-14(2)19(9-13)26-21-22-11-16(12-23-21)20(28)25-18-6-4-5-17(10-18)24-15(3)27/h4-12H,1-3H3,(H,24,27)(H,25,28)(H,22,23,26). The van der Waals surface area contributed by atoms with Gasteiger partial charge in [-0.25, -0.2) is 9.97 Å². The molecule has 0 bridgehead atoms. The van der Waals surface area contributed by atoms with Crippen molar-refractivity contribution < 1.29 is 9.59 Å². The zero-order valence-electron chi connectivity index (χ0n) is 15.9. The molecule has 0 radical (unpaired) electrons. The molecule has 3 N–H and O–H groups in total. The largest absolute Gasteiger partial charge is 0.326 e. The monoisotopic (exact) mass is 375 g/mol. The Labute approximate surface area is 163 Å². The van der Waals surface area contributed by atoms with E-state index in [4.69, 9.17) is 0 Å². The van der Waals surface area contributed by atoms with Crippen LogP contribution in [0.5, 0.6) is 0 Å². The third-order valence-electron chi connectivity index (χ3n) is 3.99. The number of nitrogens with one attached hydrogen (secondary N) is 3. The summed E-state index contributed by atoms with van der Waals surface area (Å²) in [6.07, 6.45) is 2.93. The van der Waals surface area contributed by atoms with Gasteiger partial charge in [0.25, 0.3) is 5.91 Å². The molecule has 0 fully saturated rings. The van der Waals surface area contributed by atoms with Crippen LogP contribution >= 0.6 is 0 Å². The normalized spacial score (nSPS) is 10.2. The topological polar surface area (TPSA) is 96.0 Å². The number of anilines is 4. The van der Waals surface area contributed by atoms with Gasteiger partial charge in [0, 0.05) is 36.4 Å². The summed E-state index contributed by atoms with van der Waals surface area (Å²) in [4.78, 5) is 32.0. The van der Waals surface area contributed by atoms with Gasteiger partial charge in [0.05, 0.1) is 5.56 Å². The van der Waals surface area contributed by atoms with Crippen molar-refractivity contribution in [3.05, 3.63) is 71.5 Å². The third-order valence-corrected chi connectivity index (χ3v) is 3.99. The zero-order chi connectivity index (χ0) is 20.1. The fourth-order valence-corrected chi connectivity index (χ4v) is 2.58. The number of carbonyl (C=O) groups is 2. The van der Waals surface area contributed by atoms with E-state index in [1.54, 1.807) is 24.3 Å². The van der Waals surface area contributed by atoms with Crippen molar-refractivity contribution in [2.24, 2.45) is 0 Å². The summed E-state index contributed by atoms with van der Waals surface area (Å²) in [6.45, 7) is 5.44. The van der Waals surface area contributed by atoms with Gasteiger partial charge in [0.15, 0.2) is 0 Å². The lowest BCUT2D eigenvalue weighted by atomic mass is 10.1. The first-order valence-electron chi connectivity index (χ1n) is 8.76. The SMILES string of the molecule is CC(=O)Nc1cccc(NC(=O)c2cnc(Nc3cc(C)ccc3C)nc2)c1. The van der Waals surface area contributed by atoms with Crippen molar-refractivity contribution in [1.82, 2.24) is 9.97 Å². The molecule has 142 valence electrons. The van der Waals surface area contributed by atoms with Crippen molar-refractivity contribution in [2.75, 3.05) is 16.0 Å². The van der Waals surface area contributed by atoms with Gasteiger partial charge < -0.3 is 16.0 Å². The Hall–Kier alpha value is -3.74. The summed E-state index contributed by atoms with van der Waals surface area (Å²) in [7, 11) is 0. The van der Waals surface area contributed by atoms with E-state index in [1.807, 2.05) is 32.0 Å². The number of hydrogen-bond acceptors (Lipinski definition) is 5. The lowest BCUT2D eigenvalue weighted by Gasteiger charge is -2.10. The van der Waals surface area contributed by atoms with Gasteiger partial charge in [0.1, 0.15) is 0 Å². The fraction of sp³-hybridized carbons (Fsp3) is 0.143. The van der Waals surface area contributed by atoms with E-state index in [0.717, 1.165) is 16.8 Å². The second kappa shape index (κ2) is 8.30. The minimum atomic E-state index is -0.335. The number of amides is 2. The molecular weight excluding hydrogens is 354 g/mol. The quantitative estimate of drug-likeness (QED) is 0.625. The number of carbonyl (C=O) groups excluding carboxylic acids is 2. The number of aryl methyl sites for hydroxylation is 2. The molecule has 0 atom stereocenters. The Morgan fingerprint density at radius 3 is 2.25 bits per heavy atom. The molecule has 0 aliphatic rings. The molecule has 2 aromatic carbocycles. The number of benzene rings is 2. The maximum Gasteiger partial charge on any atom is 0.258 e. The number of rotatable bonds is 5. The van der Waals surface area contributed by atoms with Gasteiger partial charge in [-0.3, -0.25) is 9.59 Å². The summed E-state index contributed by atoms with van der Waals surface area (Å²) in [5.74, 6) is -0.0972. The average Bonchev–Trinajstić information content (AvgIpc) is 2.65. The van der Waals surface area contributed by atoms with E-state index in [2.05, 4.69) is 25.9 Å². The van der Waals surface area contributed by atoms with Gasteiger partial charge in [-0.1, -0.05) is 18.2 Å². The van der Waals surface area contributed by atoms with Crippen LogP contribution in [0.25, 0.3) is 0 Å². The van der Waals surface area contributed by atoms with Crippen LogP contribution in [0.1, 0.15) is 28.4 Å². The minimum Gasteiger partial charge on any atom is -0.326 e.